The molecule has 8 heteroatoms. The van der Waals surface area contributed by atoms with Crippen molar-refractivity contribution < 1.29 is 0 Å². The number of thioether (sulfide) groups is 1. The number of guanidine groups is 1. The fourth-order valence-corrected chi connectivity index (χ4v) is 4.99. The fourth-order valence-electron chi connectivity index (χ4n) is 3.76. The maximum atomic E-state index is 4.90. The largest absolute Gasteiger partial charge is 0.357 e. The number of aryl methyl sites for hydroxylation is 1. The molecule has 0 amide bonds. The number of nitrogens with one attached hydrogen (secondary N) is 2. The van der Waals surface area contributed by atoms with Crippen molar-refractivity contribution in [3.8, 4) is 0 Å². The van der Waals surface area contributed by atoms with E-state index in [0.29, 0.717) is 0 Å². The van der Waals surface area contributed by atoms with Gasteiger partial charge >= 0.3 is 0 Å². The summed E-state index contributed by atoms with van der Waals surface area (Å²) < 4.78 is 2.60. The minimum atomic E-state index is 0. The van der Waals surface area contributed by atoms with Gasteiger partial charge in [0.05, 0.1) is 6.54 Å². The molecule has 1 aliphatic carbocycles. The maximum Gasteiger partial charge on any atom is 0.191 e. The highest BCUT2D eigenvalue weighted by atomic mass is 127. The van der Waals surface area contributed by atoms with E-state index in [0.717, 1.165) is 56.6 Å². The predicted octanol–water partition coefficient (Wildman–Crippen LogP) is 4.05. The second kappa shape index (κ2) is 11.4. The highest BCUT2D eigenvalue weighted by molar-refractivity contribution is 14.0. The third-order valence-corrected chi connectivity index (χ3v) is 7.06. The van der Waals surface area contributed by atoms with Gasteiger partial charge in [-0.2, -0.15) is 0 Å². The molecule has 1 fully saturated rings. The van der Waals surface area contributed by atoms with Gasteiger partial charge in [0.15, 0.2) is 5.96 Å². The van der Waals surface area contributed by atoms with E-state index in [-0.39, 0.29) is 28.7 Å². The minimum Gasteiger partial charge on any atom is -0.357 e. The second-order valence-corrected chi connectivity index (χ2v) is 9.51. The first-order chi connectivity index (χ1) is 14.3. The first-order valence-electron chi connectivity index (χ1n) is 11.0. The zero-order valence-corrected chi connectivity index (χ0v) is 20.9. The smallest absolute Gasteiger partial charge is 0.191 e. The molecule has 0 saturated heterocycles. The average molecular weight is 541 g/mol. The summed E-state index contributed by atoms with van der Waals surface area (Å²) in [5.41, 5.74) is 0. The summed E-state index contributed by atoms with van der Waals surface area (Å²) in [7, 11) is 0. The van der Waals surface area contributed by atoms with Crippen molar-refractivity contribution in [2.45, 2.75) is 68.1 Å². The second-order valence-electron chi connectivity index (χ2n) is 7.96. The summed E-state index contributed by atoms with van der Waals surface area (Å²) in [5.74, 6) is 3.17. The van der Waals surface area contributed by atoms with Gasteiger partial charge in [0.1, 0.15) is 11.6 Å². The number of nitrogens with zero attached hydrogens (tertiary/aromatic N) is 4. The van der Waals surface area contributed by atoms with Crippen molar-refractivity contribution in [1.29, 1.82) is 0 Å². The van der Waals surface area contributed by atoms with Crippen molar-refractivity contribution in [1.82, 2.24) is 25.4 Å². The van der Waals surface area contributed by atoms with Crippen molar-refractivity contribution >= 4 is 41.7 Å². The molecule has 2 N–H and O–H groups in total. The Morgan fingerprint density at radius 1 is 1.13 bits per heavy atom. The van der Waals surface area contributed by atoms with Gasteiger partial charge in [-0.1, -0.05) is 24.6 Å². The Balaban J connectivity index is 0.00000256. The molecule has 0 atom stereocenters. The lowest BCUT2D eigenvalue weighted by Gasteiger charge is -2.15. The van der Waals surface area contributed by atoms with E-state index in [4.69, 9.17) is 4.99 Å². The molecule has 1 aromatic carbocycles. The van der Waals surface area contributed by atoms with Crippen molar-refractivity contribution in [2.24, 2.45) is 4.99 Å². The van der Waals surface area contributed by atoms with E-state index in [1.165, 1.54) is 37.0 Å². The Morgan fingerprint density at radius 2 is 1.97 bits per heavy atom. The van der Waals surface area contributed by atoms with Gasteiger partial charge in [0.2, 0.25) is 0 Å². The molecule has 0 radical (unpaired) electrons. The maximum absolute atomic E-state index is 4.90. The van der Waals surface area contributed by atoms with E-state index >= 15 is 0 Å². The summed E-state index contributed by atoms with van der Waals surface area (Å²) in [6.45, 7) is 5.71. The molecule has 2 aromatic rings. The molecule has 0 bridgehead atoms. The van der Waals surface area contributed by atoms with Crippen molar-refractivity contribution in [3.05, 3.63) is 42.0 Å². The van der Waals surface area contributed by atoms with Gasteiger partial charge < -0.3 is 15.2 Å². The van der Waals surface area contributed by atoms with Crippen LogP contribution in [-0.4, -0.2) is 45.1 Å². The quantitative estimate of drug-likeness (QED) is 0.301. The summed E-state index contributed by atoms with van der Waals surface area (Å²) in [5, 5.41) is 15.7. The van der Waals surface area contributed by atoms with Crippen LogP contribution in [-0.2, 0) is 19.4 Å². The van der Waals surface area contributed by atoms with Crippen LogP contribution in [0.5, 0.6) is 0 Å². The minimum absolute atomic E-state index is 0. The van der Waals surface area contributed by atoms with Crippen LogP contribution in [0, 0.1) is 0 Å². The molecule has 1 saturated carbocycles. The summed E-state index contributed by atoms with van der Waals surface area (Å²) >= 11 is 1.97. The molecule has 0 spiro atoms. The van der Waals surface area contributed by atoms with Crippen LogP contribution in [0.15, 0.2) is 40.2 Å². The predicted molar refractivity (Wildman–Crippen MR) is 135 cm³/mol. The van der Waals surface area contributed by atoms with Crippen LogP contribution in [0.2, 0.25) is 0 Å². The number of hydrogen-bond acceptors (Lipinski definition) is 4. The van der Waals surface area contributed by atoms with E-state index in [2.05, 4.69) is 62.7 Å². The lowest BCUT2D eigenvalue weighted by Crippen LogP contribution is -2.39. The molecule has 1 aromatic heterocycles. The van der Waals surface area contributed by atoms with Gasteiger partial charge in [0.25, 0.3) is 0 Å². The Bertz CT molecular complexity index is 818. The molecule has 164 valence electrons. The Kier molecular flexibility index (Phi) is 8.85. The standard InChI is InChI=1S/C22H32N6S.HI/c1-2-23-21(25-17-22(13-14-22)29-18-9-5-3-6-10-18)24-15-12-20-27-26-19-11-7-4-8-16-28(19)20;/h3,5-6,9-10H,2,4,7-8,11-17H2,1H3,(H2,23,24,25);1H. The van der Waals surface area contributed by atoms with Crippen LogP contribution in [0.3, 0.4) is 0 Å². The van der Waals surface area contributed by atoms with Gasteiger partial charge in [-0.25, -0.2) is 0 Å². The highest BCUT2D eigenvalue weighted by Gasteiger charge is 2.43. The number of benzene rings is 1. The van der Waals surface area contributed by atoms with Crippen LogP contribution in [0.4, 0.5) is 0 Å². The summed E-state index contributed by atoms with van der Waals surface area (Å²) in [6, 6.07) is 10.7. The van der Waals surface area contributed by atoms with Crippen LogP contribution in [0.25, 0.3) is 0 Å². The van der Waals surface area contributed by atoms with Gasteiger partial charge in [0, 0.05) is 42.1 Å². The molecule has 2 aliphatic rings. The Morgan fingerprint density at radius 3 is 2.73 bits per heavy atom. The average Bonchev–Trinajstić information content (AvgIpc) is 3.46. The molecule has 4 rings (SSSR count). The van der Waals surface area contributed by atoms with Crippen LogP contribution in [0.1, 0.15) is 50.7 Å². The summed E-state index contributed by atoms with van der Waals surface area (Å²) in [6.07, 6.45) is 8.17. The van der Waals surface area contributed by atoms with E-state index in [9.17, 15) is 0 Å². The zero-order chi connectivity index (χ0) is 19.9. The number of rotatable bonds is 8. The highest BCUT2D eigenvalue weighted by Crippen LogP contribution is 2.51. The van der Waals surface area contributed by atoms with E-state index in [1.54, 1.807) is 0 Å². The molecule has 6 nitrogen and oxygen atoms in total. The third kappa shape index (κ3) is 6.35. The number of aliphatic imine (C=N–C) groups is 1. The first kappa shape index (κ1) is 23.4. The van der Waals surface area contributed by atoms with Crippen LogP contribution < -0.4 is 10.6 Å². The van der Waals surface area contributed by atoms with Gasteiger partial charge in [-0.3, -0.25) is 4.99 Å². The third-order valence-electron chi connectivity index (χ3n) is 5.58. The number of aromatic nitrogens is 3. The molecule has 2 heterocycles. The molecular formula is C22H33IN6S. The van der Waals surface area contributed by atoms with Gasteiger partial charge in [-0.05, 0) is 44.7 Å². The molecular weight excluding hydrogens is 507 g/mol. The molecule has 0 unspecified atom stereocenters. The fraction of sp³-hybridized carbons (Fsp3) is 0.591. The monoisotopic (exact) mass is 540 g/mol. The Labute approximate surface area is 201 Å². The summed E-state index contributed by atoms with van der Waals surface area (Å²) in [4.78, 5) is 6.23. The normalized spacial score (nSPS) is 17.4. The lowest BCUT2D eigenvalue weighted by molar-refractivity contribution is 0.600. The zero-order valence-electron chi connectivity index (χ0n) is 17.8. The Hall–Kier alpha value is -1.29. The number of hydrogen-bond donors (Lipinski definition) is 2. The van der Waals surface area contributed by atoms with Crippen molar-refractivity contribution in [3.63, 3.8) is 0 Å². The number of halogens is 1. The number of fused-ring (bicyclic) bond motifs is 1. The molecule has 30 heavy (non-hydrogen) atoms. The lowest BCUT2D eigenvalue weighted by atomic mass is 10.2. The van der Waals surface area contributed by atoms with Gasteiger partial charge in [-0.15, -0.1) is 45.9 Å². The van der Waals surface area contributed by atoms with E-state index in [1.807, 2.05) is 11.8 Å². The van der Waals surface area contributed by atoms with E-state index < -0.39 is 0 Å². The molecule has 1 aliphatic heterocycles. The van der Waals surface area contributed by atoms with Crippen molar-refractivity contribution in [2.75, 3.05) is 19.6 Å². The SMILES string of the molecule is CCNC(=NCC1(Sc2ccccc2)CC1)NCCc1nnc2n1CCCCC2.I. The van der Waals surface area contributed by atoms with Crippen LogP contribution >= 0.6 is 35.7 Å². The topological polar surface area (TPSA) is 67.1 Å². The first-order valence-corrected chi connectivity index (χ1v) is 11.8.